The summed E-state index contributed by atoms with van der Waals surface area (Å²) in [5.41, 5.74) is 4.10. The Hall–Kier alpha value is -3.31. The number of fused-ring (bicyclic) bond motifs is 2. The molecule has 2 fully saturated rings. The number of thioether (sulfide) groups is 1. The van der Waals surface area contributed by atoms with E-state index in [-0.39, 0.29) is 29.8 Å². The quantitative estimate of drug-likeness (QED) is 0.229. The molecule has 0 radical (unpaired) electrons. The van der Waals surface area contributed by atoms with Crippen LogP contribution in [-0.4, -0.2) is 110 Å². The molecule has 44 heavy (non-hydrogen) atoms. The van der Waals surface area contributed by atoms with Crippen molar-refractivity contribution < 1.29 is 23.8 Å². The molecule has 10 heteroatoms. The molecule has 0 aliphatic carbocycles. The van der Waals surface area contributed by atoms with Crippen molar-refractivity contribution in [2.75, 3.05) is 73.1 Å². The van der Waals surface area contributed by atoms with Crippen molar-refractivity contribution in [3.63, 3.8) is 0 Å². The average molecular weight is 619 g/mol. The van der Waals surface area contributed by atoms with Gasteiger partial charge >= 0.3 is 0 Å². The number of ether oxygens (including phenoxy) is 3. The van der Waals surface area contributed by atoms with Crippen LogP contribution in [0.4, 0.5) is 0 Å². The second kappa shape index (κ2) is 13.0. The first-order valence-electron chi connectivity index (χ1n) is 15.2. The molecule has 9 nitrogen and oxygen atoms in total. The molecule has 2 unspecified atom stereocenters. The van der Waals surface area contributed by atoms with Crippen LogP contribution in [0.15, 0.2) is 48.8 Å². The minimum atomic E-state index is -0.207. The van der Waals surface area contributed by atoms with Crippen molar-refractivity contribution in [1.29, 1.82) is 0 Å². The lowest BCUT2D eigenvalue weighted by atomic mass is 9.96. The lowest BCUT2D eigenvalue weighted by Gasteiger charge is -2.38. The van der Waals surface area contributed by atoms with Gasteiger partial charge in [0, 0.05) is 54.3 Å². The first-order chi connectivity index (χ1) is 21.3. The van der Waals surface area contributed by atoms with E-state index in [1.54, 1.807) is 14.2 Å². The smallest absolute Gasteiger partial charge is 0.239 e. The number of benzene rings is 2. The molecule has 2 aromatic carbocycles. The van der Waals surface area contributed by atoms with Crippen LogP contribution >= 0.6 is 11.8 Å². The van der Waals surface area contributed by atoms with Crippen molar-refractivity contribution in [2.24, 2.45) is 11.8 Å². The molecule has 0 bridgehead atoms. The highest BCUT2D eigenvalue weighted by Gasteiger charge is 2.40. The van der Waals surface area contributed by atoms with E-state index >= 15 is 0 Å². The van der Waals surface area contributed by atoms with E-state index in [0.717, 1.165) is 81.9 Å². The minimum absolute atomic E-state index is 0.0729. The van der Waals surface area contributed by atoms with Crippen LogP contribution in [0, 0.1) is 11.8 Å². The van der Waals surface area contributed by atoms with Gasteiger partial charge in [-0.05, 0) is 81.5 Å². The Morgan fingerprint density at radius 2 is 1.43 bits per heavy atom. The Kier molecular flexibility index (Phi) is 9.05. The summed E-state index contributed by atoms with van der Waals surface area (Å²) in [5, 5.41) is 2.10. The first kappa shape index (κ1) is 30.7. The van der Waals surface area contributed by atoms with Crippen LogP contribution in [0.5, 0.6) is 11.5 Å². The summed E-state index contributed by atoms with van der Waals surface area (Å²) in [6.45, 7) is 2.74. The molecule has 2 aromatic heterocycles. The molecule has 0 N–H and O–H groups in total. The molecule has 0 amide bonds. The molecule has 2 saturated heterocycles. The Morgan fingerprint density at radius 1 is 0.864 bits per heavy atom. The van der Waals surface area contributed by atoms with E-state index in [1.807, 2.05) is 69.7 Å². The molecular weight excluding hydrogens is 576 g/mol. The molecule has 2 atom stereocenters. The first-order valence-corrected chi connectivity index (χ1v) is 16.4. The van der Waals surface area contributed by atoms with Gasteiger partial charge < -0.3 is 24.0 Å². The van der Waals surface area contributed by atoms with Crippen LogP contribution in [0.25, 0.3) is 21.8 Å². The monoisotopic (exact) mass is 618 g/mol. The summed E-state index contributed by atoms with van der Waals surface area (Å²) >= 11 is 1.82. The molecule has 0 spiro atoms. The van der Waals surface area contributed by atoms with Crippen LogP contribution in [0.1, 0.15) is 20.7 Å². The SMILES string of the molecule is COc1ccc2c(c1)c(CCN(C)CC1OCC1C(=O)n1cc(CCN(C)C)c3cc(OC)ccc31)cn2C(=O)C1CSC1. The molecule has 2 aliphatic heterocycles. The van der Waals surface area contributed by atoms with Gasteiger partial charge in [-0.25, -0.2) is 0 Å². The van der Waals surface area contributed by atoms with Crippen molar-refractivity contribution in [2.45, 2.75) is 18.9 Å². The second-order valence-corrected chi connectivity index (χ2v) is 13.3. The zero-order chi connectivity index (χ0) is 31.0. The van der Waals surface area contributed by atoms with Gasteiger partial charge in [0.2, 0.25) is 11.8 Å². The van der Waals surface area contributed by atoms with Crippen LogP contribution in [-0.2, 0) is 17.6 Å². The van der Waals surface area contributed by atoms with Gasteiger partial charge in [-0.15, -0.1) is 0 Å². The van der Waals surface area contributed by atoms with Crippen LogP contribution in [0.3, 0.4) is 0 Å². The number of rotatable bonds is 12. The number of methoxy groups -OCH3 is 2. The van der Waals surface area contributed by atoms with Gasteiger partial charge in [-0.3, -0.25) is 18.7 Å². The molecule has 0 saturated carbocycles. The molecule has 4 aromatic rings. The van der Waals surface area contributed by atoms with Crippen molar-refractivity contribution in [1.82, 2.24) is 18.9 Å². The van der Waals surface area contributed by atoms with Gasteiger partial charge in [-0.1, -0.05) is 0 Å². The fourth-order valence-electron chi connectivity index (χ4n) is 6.12. The third-order valence-electron chi connectivity index (χ3n) is 8.99. The second-order valence-electron chi connectivity index (χ2n) is 12.3. The third kappa shape index (κ3) is 6.00. The van der Waals surface area contributed by atoms with Gasteiger partial charge in [0.15, 0.2) is 0 Å². The number of likely N-dealkylation sites (N-methyl/N-ethyl adjacent to an activating group) is 2. The van der Waals surface area contributed by atoms with Crippen molar-refractivity contribution >= 4 is 45.4 Å². The standard InChI is InChI=1S/C34H42N4O5S/c1-35(2)12-10-22-17-38(31-9-7-26(42-5)14-27(22)31)34(40)29-19-43-32(29)18-36(3)13-11-23-16-37(33(39)24-20-44-21-24)30-8-6-25(41-4)15-28(23)30/h6-9,14-17,24,29,32H,10-13,18-21H2,1-5H3. The highest BCUT2D eigenvalue weighted by molar-refractivity contribution is 8.00. The van der Waals surface area contributed by atoms with Gasteiger partial charge in [0.1, 0.15) is 11.5 Å². The summed E-state index contributed by atoms with van der Waals surface area (Å²) in [6, 6.07) is 11.8. The molecule has 4 heterocycles. The zero-order valence-corrected chi connectivity index (χ0v) is 27.1. The normalized spacial score (nSPS) is 18.6. The average Bonchev–Trinajstić information content (AvgIpc) is 3.53. The molecule has 234 valence electrons. The fourth-order valence-corrected chi connectivity index (χ4v) is 6.87. The third-order valence-corrected chi connectivity index (χ3v) is 10.3. The maximum atomic E-state index is 13.9. The number of hydrogen-bond acceptors (Lipinski definition) is 8. The topological polar surface area (TPSA) is 78.2 Å². The van der Waals surface area contributed by atoms with E-state index < -0.39 is 0 Å². The van der Waals surface area contributed by atoms with Crippen LogP contribution in [0.2, 0.25) is 0 Å². The van der Waals surface area contributed by atoms with E-state index in [4.69, 9.17) is 14.2 Å². The highest BCUT2D eigenvalue weighted by atomic mass is 32.2. The summed E-state index contributed by atoms with van der Waals surface area (Å²) in [4.78, 5) is 31.4. The Bertz CT molecular complexity index is 1670. The number of carbonyl (C=O) groups excluding carboxylic acids is 2. The maximum absolute atomic E-state index is 13.9. The van der Waals surface area contributed by atoms with Gasteiger partial charge in [0.05, 0.1) is 49.8 Å². The minimum Gasteiger partial charge on any atom is -0.497 e. The summed E-state index contributed by atoms with van der Waals surface area (Å²) < 4.78 is 20.6. The summed E-state index contributed by atoms with van der Waals surface area (Å²) in [5.74, 6) is 3.46. The molecule has 6 rings (SSSR count). The van der Waals surface area contributed by atoms with Gasteiger partial charge in [-0.2, -0.15) is 11.8 Å². The highest BCUT2D eigenvalue weighted by Crippen LogP contribution is 2.33. The molecule has 2 aliphatic rings. The Balaban J connectivity index is 1.14. The summed E-state index contributed by atoms with van der Waals surface area (Å²) in [6.07, 6.45) is 5.45. The zero-order valence-electron chi connectivity index (χ0n) is 26.2. The van der Waals surface area contributed by atoms with Crippen molar-refractivity contribution in [3.8, 4) is 11.5 Å². The maximum Gasteiger partial charge on any atom is 0.239 e. The predicted octanol–water partition coefficient (Wildman–Crippen LogP) is 4.55. The van der Waals surface area contributed by atoms with E-state index in [1.165, 1.54) is 0 Å². The number of carbonyl (C=O) groups is 2. The lowest BCUT2D eigenvalue weighted by Crippen LogP contribution is -2.51. The Morgan fingerprint density at radius 3 is 1.91 bits per heavy atom. The van der Waals surface area contributed by atoms with E-state index in [9.17, 15) is 9.59 Å². The largest absolute Gasteiger partial charge is 0.497 e. The fraction of sp³-hybridized carbons (Fsp3) is 0.471. The number of hydrogen-bond donors (Lipinski definition) is 0. The lowest BCUT2D eigenvalue weighted by molar-refractivity contribution is -0.107. The Labute approximate surface area is 263 Å². The van der Waals surface area contributed by atoms with Crippen molar-refractivity contribution in [3.05, 3.63) is 59.9 Å². The number of nitrogens with zero attached hydrogens (tertiary/aromatic N) is 4. The number of aromatic nitrogens is 2. The van der Waals surface area contributed by atoms with Gasteiger partial charge in [0.25, 0.3) is 0 Å². The predicted molar refractivity (Wildman–Crippen MR) is 176 cm³/mol. The molecular formula is C34H42N4O5S. The van der Waals surface area contributed by atoms with E-state index in [0.29, 0.717) is 13.2 Å². The van der Waals surface area contributed by atoms with Crippen LogP contribution < -0.4 is 9.47 Å². The summed E-state index contributed by atoms with van der Waals surface area (Å²) in [7, 11) is 9.51. The van der Waals surface area contributed by atoms with E-state index in [2.05, 4.69) is 30.9 Å².